The first-order valence-corrected chi connectivity index (χ1v) is 7.27. The van der Waals surface area contributed by atoms with Crippen molar-refractivity contribution in [1.29, 1.82) is 5.41 Å². The first kappa shape index (κ1) is 13.7. The monoisotopic (exact) mass is 328 g/mol. The highest BCUT2D eigenvalue weighted by Gasteiger charge is 2.18. The summed E-state index contributed by atoms with van der Waals surface area (Å²) in [6, 6.07) is 5.57. The van der Waals surface area contributed by atoms with Crippen molar-refractivity contribution in [2.75, 3.05) is 6.61 Å². The SMILES string of the molecule is N=C(N)c1nn(-c2c[nH]c3cc(Cl)ccc23)c2c1=C(N)OCC=2. The van der Waals surface area contributed by atoms with E-state index in [1.165, 1.54) is 0 Å². The van der Waals surface area contributed by atoms with Gasteiger partial charge in [0.15, 0.2) is 5.88 Å². The van der Waals surface area contributed by atoms with Gasteiger partial charge in [0.05, 0.1) is 16.3 Å². The molecule has 23 heavy (non-hydrogen) atoms. The van der Waals surface area contributed by atoms with Crippen LogP contribution in [0.2, 0.25) is 5.02 Å². The average molecular weight is 329 g/mol. The Morgan fingerprint density at radius 3 is 3.04 bits per heavy atom. The molecular formula is C15H13ClN6O. The summed E-state index contributed by atoms with van der Waals surface area (Å²) in [5, 5.41) is 15.1. The van der Waals surface area contributed by atoms with E-state index in [9.17, 15) is 0 Å². The molecular weight excluding hydrogens is 316 g/mol. The zero-order chi connectivity index (χ0) is 16.1. The van der Waals surface area contributed by atoms with E-state index in [0.29, 0.717) is 22.5 Å². The number of benzene rings is 1. The highest BCUT2D eigenvalue weighted by molar-refractivity contribution is 6.31. The molecule has 0 saturated heterocycles. The third-order valence-electron chi connectivity index (χ3n) is 3.79. The number of nitrogens with two attached hydrogens (primary N) is 2. The maximum atomic E-state index is 7.73. The Bertz CT molecular complexity index is 1080. The predicted molar refractivity (Wildman–Crippen MR) is 88.7 cm³/mol. The molecule has 4 rings (SSSR count). The molecule has 1 aliphatic heterocycles. The molecule has 0 spiro atoms. The summed E-state index contributed by atoms with van der Waals surface area (Å²) in [6.07, 6.45) is 3.69. The number of ether oxygens (including phenoxy) is 1. The molecule has 1 aliphatic rings. The summed E-state index contributed by atoms with van der Waals surface area (Å²) in [4.78, 5) is 3.17. The molecule has 0 bridgehead atoms. The number of aromatic amines is 1. The van der Waals surface area contributed by atoms with Crippen molar-refractivity contribution in [3.05, 3.63) is 45.7 Å². The van der Waals surface area contributed by atoms with Gasteiger partial charge >= 0.3 is 0 Å². The number of aromatic nitrogens is 3. The second-order valence-corrected chi connectivity index (χ2v) is 5.61. The highest BCUT2D eigenvalue weighted by atomic mass is 35.5. The van der Waals surface area contributed by atoms with E-state index in [1.54, 1.807) is 4.68 Å². The number of fused-ring (bicyclic) bond motifs is 2. The minimum absolute atomic E-state index is 0.162. The van der Waals surface area contributed by atoms with Crippen LogP contribution in [0.3, 0.4) is 0 Å². The lowest BCUT2D eigenvalue weighted by atomic mass is 10.2. The Labute approximate surface area is 135 Å². The van der Waals surface area contributed by atoms with Crippen molar-refractivity contribution in [1.82, 2.24) is 14.8 Å². The number of hydrogen-bond donors (Lipinski definition) is 4. The number of nitrogens with zero attached hydrogens (tertiary/aromatic N) is 2. The topological polar surface area (TPSA) is 119 Å². The zero-order valence-corrected chi connectivity index (χ0v) is 12.7. The second kappa shape index (κ2) is 4.79. The molecule has 0 unspecified atom stereocenters. The third kappa shape index (κ3) is 1.97. The summed E-state index contributed by atoms with van der Waals surface area (Å²) in [6.45, 7) is 0.343. The predicted octanol–water partition coefficient (Wildman–Crippen LogP) is 0.126. The quantitative estimate of drug-likeness (QED) is 0.395. The first-order valence-electron chi connectivity index (χ1n) is 6.89. The summed E-state index contributed by atoms with van der Waals surface area (Å²) in [5.41, 5.74) is 13.6. The van der Waals surface area contributed by atoms with Gasteiger partial charge in [-0.3, -0.25) is 5.41 Å². The summed E-state index contributed by atoms with van der Waals surface area (Å²) in [5.74, 6) is 0.0616. The van der Waals surface area contributed by atoms with E-state index in [0.717, 1.165) is 21.9 Å². The molecule has 0 radical (unpaired) electrons. The lowest BCUT2D eigenvalue weighted by molar-refractivity contribution is 0.313. The van der Waals surface area contributed by atoms with Crippen LogP contribution in [0.5, 0.6) is 0 Å². The van der Waals surface area contributed by atoms with E-state index >= 15 is 0 Å². The maximum absolute atomic E-state index is 7.73. The lowest BCUT2D eigenvalue weighted by Gasteiger charge is -2.07. The van der Waals surface area contributed by atoms with Gasteiger partial charge in [-0.1, -0.05) is 11.6 Å². The van der Waals surface area contributed by atoms with Gasteiger partial charge in [-0.15, -0.1) is 0 Å². The van der Waals surface area contributed by atoms with Gasteiger partial charge in [0.25, 0.3) is 0 Å². The van der Waals surface area contributed by atoms with Gasteiger partial charge in [0, 0.05) is 22.1 Å². The second-order valence-electron chi connectivity index (χ2n) is 5.18. The Morgan fingerprint density at radius 1 is 1.43 bits per heavy atom. The van der Waals surface area contributed by atoms with Crippen LogP contribution in [0, 0.1) is 5.41 Å². The molecule has 7 nitrogen and oxygen atoms in total. The molecule has 0 saturated carbocycles. The normalized spacial score (nSPS) is 13.5. The number of rotatable bonds is 2. The number of H-pyrrole nitrogens is 1. The van der Waals surface area contributed by atoms with Gasteiger partial charge in [-0.2, -0.15) is 5.10 Å². The Hall–Kier alpha value is -2.93. The minimum atomic E-state index is -0.162. The minimum Gasteiger partial charge on any atom is -0.474 e. The van der Waals surface area contributed by atoms with Gasteiger partial charge < -0.3 is 21.2 Å². The van der Waals surface area contributed by atoms with Crippen molar-refractivity contribution in [2.45, 2.75) is 0 Å². The molecule has 1 aromatic carbocycles. The van der Waals surface area contributed by atoms with Crippen molar-refractivity contribution in [3.8, 4) is 5.69 Å². The molecule has 116 valence electrons. The first-order chi connectivity index (χ1) is 11.1. The smallest absolute Gasteiger partial charge is 0.196 e. The van der Waals surface area contributed by atoms with Crippen molar-refractivity contribution in [3.63, 3.8) is 0 Å². The van der Waals surface area contributed by atoms with E-state index in [4.69, 9.17) is 33.2 Å². The van der Waals surface area contributed by atoms with E-state index in [1.807, 2.05) is 30.5 Å². The van der Waals surface area contributed by atoms with Crippen molar-refractivity contribution < 1.29 is 4.74 Å². The van der Waals surface area contributed by atoms with Crippen LogP contribution in [-0.4, -0.2) is 27.2 Å². The highest BCUT2D eigenvalue weighted by Crippen LogP contribution is 2.23. The Kier molecular flexibility index (Phi) is 2.85. The molecule has 8 heteroatoms. The van der Waals surface area contributed by atoms with E-state index in [-0.39, 0.29) is 11.7 Å². The number of halogens is 1. The lowest BCUT2D eigenvalue weighted by Crippen LogP contribution is -2.39. The Balaban J connectivity index is 2.09. The van der Waals surface area contributed by atoms with Crippen LogP contribution in [0.1, 0.15) is 5.69 Å². The molecule has 0 fully saturated rings. The molecule has 3 heterocycles. The van der Waals surface area contributed by atoms with Crippen LogP contribution in [0.25, 0.3) is 28.5 Å². The standard InChI is InChI=1S/C15H13ClN6O/c16-7-1-2-8-9(5-7)20-6-11(8)22-10-3-4-23-15(19)12(10)13(21-22)14(17)18/h1-3,5-6,20H,4,19H2,(H3,17,18). The summed E-state index contributed by atoms with van der Waals surface area (Å²) >= 11 is 6.02. The summed E-state index contributed by atoms with van der Waals surface area (Å²) < 4.78 is 7.05. The number of nitrogens with one attached hydrogen (secondary N) is 2. The number of amidine groups is 1. The van der Waals surface area contributed by atoms with Crippen molar-refractivity contribution in [2.24, 2.45) is 11.5 Å². The molecule has 0 amide bonds. The van der Waals surface area contributed by atoms with E-state index in [2.05, 4.69) is 10.1 Å². The van der Waals surface area contributed by atoms with Crippen LogP contribution in [-0.2, 0) is 4.74 Å². The van der Waals surface area contributed by atoms with Gasteiger partial charge in [-0.25, -0.2) is 4.68 Å². The number of nitrogen functional groups attached to an aromatic ring is 1. The Morgan fingerprint density at radius 2 is 2.26 bits per heavy atom. The molecule has 3 aromatic rings. The van der Waals surface area contributed by atoms with Crippen LogP contribution in [0.4, 0.5) is 0 Å². The largest absolute Gasteiger partial charge is 0.474 e. The van der Waals surface area contributed by atoms with Gasteiger partial charge in [0.1, 0.15) is 18.1 Å². The molecule has 2 aromatic heterocycles. The van der Waals surface area contributed by atoms with Crippen LogP contribution >= 0.6 is 11.6 Å². The summed E-state index contributed by atoms with van der Waals surface area (Å²) in [7, 11) is 0. The molecule has 0 aliphatic carbocycles. The van der Waals surface area contributed by atoms with Gasteiger partial charge in [0.2, 0.25) is 0 Å². The zero-order valence-electron chi connectivity index (χ0n) is 11.9. The fraction of sp³-hybridized carbons (Fsp3) is 0.0667. The fourth-order valence-corrected chi connectivity index (χ4v) is 2.95. The third-order valence-corrected chi connectivity index (χ3v) is 4.02. The maximum Gasteiger partial charge on any atom is 0.196 e. The molecule has 0 atom stereocenters. The average Bonchev–Trinajstić information content (AvgIpc) is 3.08. The fourth-order valence-electron chi connectivity index (χ4n) is 2.78. The van der Waals surface area contributed by atoms with Crippen molar-refractivity contribution >= 4 is 40.3 Å². The number of hydrogen-bond acceptors (Lipinski definition) is 4. The van der Waals surface area contributed by atoms with E-state index < -0.39 is 0 Å². The van der Waals surface area contributed by atoms with Crippen LogP contribution in [0.15, 0.2) is 24.4 Å². The van der Waals surface area contributed by atoms with Gasteiger partial charge in [-0.05, 0) is 24.3 Å². The van der Waals surface area contributed by atoms with Crippen LogP contribution < -0.4 is 22.0 Å². The molecule has 6 N–H and O–H groups in total.